The van der Waals surface area contributed by atoms with Crippen molar-refractivity contribution >= 4 is 69.4 Å². The number of hydrogen-bond donors (Lipinski definition) is 2. The fourth-order valence-corrected chi connectivity index (χ4v) is 3.61. The minimum absolute atomic E-state index is 0.164. The van der Waals surface area contributed by atoms with Crippen LogP contribution in [0.3, 0.4) is 0 Å². The Balaban J connectivity index is 1.53. The third-order valence-corrected chi connectivity index (χ3v) is 5.87. The monoisotopic (exact) mass is 495 g/mol. The second-order valence-electron chi connectivity index (χ2n) is 6.23. The lowest BCUT2D eigenvalue weighted by molar-refractivity contribution is -0.123. The van der Waals surface area contributed by atoms with Gasteiger partial charge in [-0.2, -0.15) is 5.10 Å². The summed E-state index contributed by atoms with van der Waals surface area (Å²) >= 11 is 19.2. The highest BCUT2D eigenvalue weighted by molar-refractivity contribution is 7.12. The predicted octanol–water partition coefficient (Wildman–Crippen LogP) is 5.88. The Bertz CT molecular complexity index is 1120. The van der Waals surface area contributed by atoms with E-state index in [0.29, 0.717) is 21.3 Å². The van der Waals surface area contributed by atoms with Crippen LogP contribution in [0.15, 0.2) is 59.0 Å². The molecule has 6 nitrogen and oxygen atoms in total. The number of thiophene rings is 1. The summed E-state index contributed by atoms with van der Waals surface area (Å²) < 4.78 is 5.36. The number of nitrogens with one attached hydrogen (secondary N) is 2. The van der Waals surface area contributed by atoms with Crippen molar-refractivity contribution in [1.29, 1.82) is 0 Å². The van der Waals surface area contributed by atoms with E-state index in [0.717, 1.165) is 5.56 Å². The molecule has 2 N–H and O–H groups in total. The molecule has 0 atom stereocenters. The topological polar surface area (TPSA) is 79.8 Å². The Morgan fingerprint density at radius 3 is 2.42 bits per heavy atom. The molecule has 2 aromatic carbocycles. The van der Waals surface area contributed by atoms with Crippen molar-refractivity contribution in [1.82, 2.24) is 5.43 Å². The smallest absolute Gasteiger partial charge is 0.277 e. The third-order valence-electron chi connectivity index (χ3n) is 3.99. The van der Waals surface area contributed by atoms with Gasteiger partial charge in [-0.05, 0) is 42.1 Å². The van der Waals surface area contributed by atoms with E-state index in [4.69, 9.17) is 39.5 Å². The summed E-state index contributed by atoms with van der Waals surface area (Å²) in [5.74, 6) is -0.393. The molecule has 0 unspecified atom stereocenters. The molecule has 0 saturated heterocycles. The highest BCUT2D eigenvalue weighted by Crippen LogP contribution is 2.33. The van der Waals surface area contributed by atoms with Crippen LogP contribution in [0, 0.1) is 0 Å². The summed E-state index contributed by atoms with van der Waals surface area (Å²) in [5.41, 5.74) is 4.43. The van der Waals surface area contributed by atoms with Crippen molar-refractivity contribution in [2.24, 2.45) is 5.10 Å². The Kier molecular flexibility index (Phi) is 7.92. The first-order chi connectivity index (χ1) is 14.8. The van der Waals surface area contributed by atoms with Crippen molar-refractivity contribution < 1.29 is 14.3 Å². The van der Waals surface area contributed by atoms with Crippen LogP contribution in [0.5, 0.6) is 5.75 Å². The van der Waals surface area contributed by atoms with Crippen LogP contribution >= 0.6 is 46.1 Å². The van der Waals surface area contributed by atoms with Crippen molar-refractivity contribution in [2.45, 2.75) is 6.92 Å². The highest BCUT2D eigenvalue weighted by atomic mass is 35.5. The summed E-state index contributed by atoms with van der Waals surface area (Å²) in [7, 11) is 0. The van der Waals surface area contributed by atoms with Gasteiger partial charge in [0.2, 0.25) is 0 Å². The SMILES string of the molecule is C/C(=N\NC(=O)COc1cc(Cl)c(Cl)cc1Cl)c1ccc(NC(=O)c2cccs2)cc1. The van der Waals surface area contributed by atoms with E-state index in [1.54, 1.807) is 37.3 Å². The first kappa shape index (κ1) is 23.1. The standard InChI is InChI=1S/C21H16Cl3N3O3S/c1-12(13-4-6-14(7-5-13)25-21(29)19-3-2-8-31-19)26-27-20(28)11-30-18-10-16(23)15(22)9-17(18)24/h2-10H,11H2,1H3,(H,25,29)(H,27,28)/b26-12+. The first-order valence-corrected chi connectivity index (χ1v) is 10.9. The maximum Gasteiger partial charge on any atom is 0.277 e. The molecule has 3 rings (SSSR count). The summed E-state index contributed by atoms with van der Waals surface area (Å²) in [6.07, 6.45) is 0. The number of benzene rings is 2. The van der Waals surface area contributed by atoms with Crippen LogP contribution < -0.4 is 15.5 Å². The Hall–Kier alpha value is -2.58. The largest absolute Gasteiger partial charge is 0.482 e. The predicted molar refractivity (Wildman–Crippen MR) is 126 cm³/mol. The molecule has 0 bridgehead atoms. The van der Waals surface area contributed by atoms with Gasteiger partial charge in [-0.25, -0.2) is 5.43 Å². The minimum atomic E-state index is -0.471. The van der Waals surface area contributed by atoms with E-state index in [1.165, 1.54) is 23.5 Å². The molecule has 0 aliphatic carbocycles. The fourth-order valence-electron chi connectivity index (χ4n) is 2.40. The maximum atomic E-state index is 12.1. The number of ether oxygens (including phenoxy) is 1. The van der Waals surface area contributed by atoms with Gasteiger partial charge in [0.05, 0.1) is 25.7 Å². The van der Waals surface area contributed by atoms with Crippen molar-refractivity contribution in [3.8, 4) is 5.75 Å². The van der Waals surface area contributed by atoms with Crippen LogP contribution in [0.25, 0.3) is 0 Å². The Morgan fingerprint density at radius 2 is 1.74 bits per heavy atom. The maximum absolute atomic E-state index is 12.1. The van der Waals surface area contributed by atoms with Gasteiger partial charge in [-0.15, -0.1) is 11.3 Å². The normalized spacial score (nSPS) is 11.2. The molecule has 0 saturated carbocycles. The van der Waals surface area contributed by atoms with E-state index in [-0.39, 0.29) is 28.3 Å². The molecule has 3 aromatic rings. The zero-order valence-electron chi connectivity index (χ0n) is 16.1. The minimum Gasteiger partial charge on any atom is -0.482 e. The molecule has 10 heteroatoms. The number of hydrogen-bond acceptors (Lipinski definition) is 5. The summed E-state index contributed by atoms with van der Waals surface area (Å²) in [6.45, 7) is 1.44. The van der Waals surface area contributed by atoms with E-state index < -0.39 is 5.91 Å². The van der Waals surface area contributed by atoms with Crippen molar-refractivity contribution in [2.75, 3.05) is 11.9 Å². The van der Waals surface area contributed by atoms with Crippen LogP contribution in [0.4, 0.5) is 5.69 Å². The molecule has 0 aliphatic rings. The quantitative estimate of drug-likeness (QED) is 0.243. The lowest BCUT2D eigenvalue weighted by atomic mass is 10.1. The second kappa shape index (κ2) is 10.6. The summed E-state index contributed by atoms with van der Waals surface area (Å²) in [4.78, 5) is 24.7. The molecule has 0 spiro atoms. The number of nitrogens with zero attached hydrogens (tertiary/aromatic N) is 1. The number of rotatable bonds is 7. The number of amides is 2. The van der Waals surface area contributed by atoms with Gasteiger partial charge < -0.3 is 10.1 Å². The lowest BCUT2D eigenvalue weighted by Crippen LogP contribution is -2.25. The highest BCUT2D eigenvalue weighted by Gasteiger charge is 2.10. The van der Waals surface area contributed by atoms with Crippen LogP contribution in [0.2, 0.25) is 15.1 Å². The second-order valence-corrected chi connectivity index (χ2v) is 8.40. The van der Waals surface area contributed by atoms with Gasteiger partial charge in [0, 0.05) is 11.8 Å². The van der Waals surface area contributed by atoms with E-state index in [2.05, 4.69) is 15.8 Å². The van der Waals surface area contributed by atoms with Gasteiger partial charge in [0.25, 0.3) is 11.8 Å². The molecule has 31 heavy (non-hydrogen) atoms. The lowest BCUT2D eigenvalue weighted by Gasteiger charge is -2.09. The van der Waals surface area contributed by atoms with Gasteiger partial charge in [-0.1, -0.05) is 53.0 Å². The van der Waals surface area contributed by atoms with Gasteiger partial charge in [0.1, 0.15) is 5.75 Å². The molecule has 0 radical (unpaired) electrons. The molecule has 0 fully saturated rings. The number of carbonyl (C=O) groups excluding carboxylic acids is 2. The van der Waals surface area contributed by atoms with Crippen LogP contribution in [-0.4, -0.2) is 24.1 Å². The van der Waals surface area contributed by atoms with Crippen molar-refractivity contribution in [3.63, 3.8) is 0 Å². The van der Waals surface area contributed by atoms with E-state index >= 15 is 0 Å². The van der Waals surface area contributed by atoms with E-state index in [9.17, 15) is 9.59 Å². The average Bonchev–Trinajstić information content (AvgIpc) is 3.29. The first-order valence-electron chi connectivity index (χ1n) is 8.89. The molecule has 1 aromatic heterocycles. The van der Waals surface area contributed by atoms with Gasteiger partial charge >= 0.3 is 0 Å². The van der Waals surface area contributed by atoms with Crippen molar-refractivity contribution in [3.05, 3.63) is 79.4 Å². The third kappa shape index (κ3) is 6.45. The fraction of sp³-hybridized carbons (Fsp3) is 0.0952. The number of halogens is 3. The Morgan fingerprint density at radius 1 is 1.03 bits per heavy atom. The Labute approximate surface area is 197 Å². The number of anilines is 1. The zero-order chi connectivity index (χ0) is 22.4. The van der Waals surface area contributed by atoms with Gasteiger partial charge in [-0.3, -0.25) is 9.59 Å². The summed E-state index contributed by atoms with van der Waals surface area (Å²) in [6, 6.07) is 13.6. The molecular weight excluding hydrogens is 481 g/mol. The number of carbonyl (C=O) groups is 2. The van der Waals surface area contributed by atoms with Crippen LogP contribution in [-0.2, 0) is 4.79 Å². The molecule has 1 heterocycles. The number of hydrazone groups is 1. The molecular formula is C21H16Cl3N3O3S. The molecule has 2 amide bonds. The molecule has 0 aliphatic heterocycles. The van der Waals surface area contributed by atoms with Crippen LogP contribution in [0.1, 0.15) is 22.2 Å². The van der Waals surface area contributed by atoms with Gasteiger partial charge in [0.15, 0.2) is 6.61 Å². The average molecular weight is 497 g/mol. The zero-order valence-corrected chi connectivity index (χ0v) is 19.2. The van der Waals surface area contributed by atoms with E-state index in [1.807, 2.05) is 11.4 Å². The summed E-state index contributed by atoms with van der Waals surface area (Å²) in [5, 5.41) is 9.53. The molecule has 160 valence electrons.